The molecular formula is C16H12Br2O4. The van der Waals surface area contributed by atoms with Gasteiger partial charge in [0.05, 0.1) is 4.47 Å². The largest absolute Gasteiger partial charge is 0.480 e. The van der Waals surface area contributed by atoms with Crippen LogP contribution >= 0.6 is 31.9 Å². The lowest BCUT2D eigenvalue weighted by Gasteiger charge is -2.11. The molecule has 0 unspecified atom stereocenters. The van der Waals surface area contributed by atoms with Gasteiger partial charge in [-0.15, -0.1) is 0 Å². The zero-order chi connectivity index (χ0) is 16.1. The first-order valence-electron chi connectivity index (χ1n) is 6.34. The summed E-state index contributed by atoms with van der Waals surface area (Å²) in [5, 5.41) is 0. The van der Waals surface area contributed by atoms with Gasteiger partial charge in [-0.3, -0.25) is 4.79 Å². The zero-order valence-electron chi connectivity index (χ0n) is 11.6. The second kappa shape index (κ2) is 7.56. The number of hydrogen-bond donors (Lipinski definition) is 0. The Kier molecular flexibility index (Phi) is 5.74. The molecule has 2 aromatic rings. The first kappa shape index (κ1) is 16.7. The van der Waals surface area contributed by atoms with E-state index in [4.69, 9.17) is 9.47 Å². The summed E-state index contributed by atoms with van der Waals surface area (Å²) in [6, 6.07) is 10.00. The lowest BCUT2D eigenvalue weighted by molar-refractivity contribution is -0.136. The van der Waals surface area contributed by atoms with Gasteiger partial charge in [0.2, 0.25) is 0 Å². The average molecular weight is 428 g/mol. The number of carbonyl (C=O) groups is 2. The highest BCUT2D eigenvalue weighted by Gasteiger charge is 2.11. The molecule has 0 atom stereocenters. The van der Waals surface area contributed by atoms with Crippen molar-refractivity contribution in [3.8, 4) is 11.5 Å². The third kappa shape index (κ3) is 4.42. The summed E-state index contributed by atoms with van der Waals surface area (Å²) in [5.41, 5.74) is 1.41. The van der Waals surface area contributed by atoms with E-state index in [1.807, 2.05) is 19.1 Å². The lowest BCUT2D eigenvalue weighted by Crippen LogP contribution is -2.18. The summed E-state index contributed by atoms with van der Waals surface area (Å²) < 4.78 is 12.3. The number of rotatable bonds is 5. The molecule has 4 nitrogen and oxygen atoms in total. The molecule has 0 radical (unpaired) electrons. The van der Waals surface area contributed by atoms with Gasteiger partial charge in [0, 0.05) is 10.0 Å². The molecule has 114 valence electrons. The highest BCUT2D eigenvalue weighted by atomic mass is 79.9. The zero-order valence-corrected chi connectivity index (χ0v) is 14.8. The molecule has 0 N–H and O–H groups in total. The van der Waals surface area contributed by atoms with Crippen molar-refractivity contribution in [3.63, 3.8) is 0 Å². The van der Waals surface area contributed by atoms with Crippen molar-refractivity contribution in [3.05, 3.63) is 56.5 Å². The van der Waals surface area contributed by atoms with Crippen LogP contribution in [0.1, 0.15) is 15.9 Å². The van der Waals surface area contributed by atoms with Crippen LogP contribution in [-0.4, -0.2) is 18.9 Å². The van der Waals surface area contributed by atoms with Crippen LogP contribution in [0, 0.1) is 6.92 Å². The standard InChI is InChI=1S/C16H12Br2O4/c1-10-6-12(17)7-14(18)16(10)21-9-15(20)22-13-4-2-11(8-19)3-5-13/h2-8H,9H2,1H3. The van der Waals surface area contributed by atoms with Gasteiger partial charge in [0.25, 0.3) is 0 Å². The van der Waals surface area contributed by atoms with Crippen LogP contribution in [-0.2, 0) is 4.79 Å². The maximum atomic E-state index is 11.8. The Morgan fingerprint density at radius 2 is 1.86 bits per heavy atom. The molecule has 0 bridgehead atoms. The van der Waals surface area contributed by atoms with Crippen molar-refractivity contribution in [2.75, 3.05) is 6.61 Å². The van der Waals surface area contributed by atoms with Crippen molar-refractivity contribution in [2.45, 2.75) is 6.92 Å². The van der Waals surface area contributed by atoms with E-state index < -0.39 is 5.97 Å². The van der Waals surface area contributed by atoms with E-state index in [2.05, 4.69) is 31.9 Å². The fourth-order valence-electron chi connectivity index (χ4n) is 1.78. The number of aryl methyl sites for hydroxylation is 1. The molecule has 2 rings (SSSR count). The number of hydrogen-bond acceptors (Lipinski definition) is 4. The summed E-state index contributed by atoms with van der Waals surface area (Å²) in [7, 11) is 0. The van der Waals surface area contributed by atoms with E-state index in [1.165, 1.54) is 0 Å². The van der Waals surface area contributed by atoms with Gasteiger partial charge in [-0.1, -0.05) is 15.9 Å². The fraction of sp³-hybridized carbons (Fsp3) is 0.125. The molecule has 0 heterocycles. The number of carbonyl (C=O) groups excluding carboxylic acids is 2. The Hall–Kier alpha value is -1.66. The Labute approximate surface area is 144 Å². The van der Waals surface area contributed by atoms with Crippen molar-refractivity contribution in [1.29, 1.82) is 0 Å². The molecular weight excluding hydrogens is 416 g/mol. The van der Waals surface area contributed by atoms with E-state index in [0.717, 1.165) is 20.8 Å². The molecule has 0 aliphatic heterocycles. The first-order valence-corrected chi connectivity index (χ1v) is 7.92. The summed E-state index contributed by atoms with van der Waals surface area (Å²) in [6.45, 7) is 1.67. The number of halogens is 2. The first-order chi connectivity index (χ1) is 10.5. The second-order valence-corrected chi connectivity index (χ2v) is 6.25. The Bertz CT molecular complexity index is 673. The maximum Gasteiger partial charge on any atom is 0.349 e. The Balaban J connectivity index is 1.96. The van der Waals surface area contributed by atoms with E-state index in [-0.39, 0.29) is 6.61 Å². The topological polar surface area (TPSA) is 52.6 Å². The number of benzene rings is 2. The smallest absolute Gasteiger partial charge is 0.349 e. The molecule has 0 amide bonds. The van der Waals surface area contributed by atoms with Crippen LogP contribution < -0.4 is 9.47 Å². The van der Waals surface area contributed by atoms with Gasteiger partial charge in [-0.25, -0.2) is 4.79 Å². The van der Waals surface area contributed by atoms with Crippen molar-refractivity contribution in [2.24, 2.45) is 0 Å². The minimum Gasteiger partial charge on any atom is -0.480 e. The van der Waals surface area contributed by atoms with Gasteiger partial charge in [-0.05, 0) is 64.8 Å². The number of aldehydes is 1. The van der Waals surface area contributed by atoms with Crippen LogP contribution in [0.2, 0.25) is 0 Å². The van der Waals surface area contributed by atoms with E-state index in [1.54, 1.807) is 24.3 Å². The van der Waals surface area contributed by atoms with Crippen molar-refractivity contribution >= 4 is 44.1 Å². The highest BCUT2D eigenvalue weighted by molar-refractivity contribution is 9.11. The van der Waals surface area contributed by atoms with E-state index in [9.17, 15) is 9.59 Å². The van der Waals surface area contributed by atoms with E-state index >= 15 is 0 Å². The third-order valence-electron chi connectivity index (χ3n) is 2.78. The average Bonchev–Trinajstić information content (AvgIpc) is 2.47. The van der Waals surface area contributed by atoms with Crippen LogP contribution in [0.5, 0.6) is 11.5 Å². The van der Waals surface area contributed by atoms with Crippen LogP contribution in [0.25, 0.3) is 0 Å². The summed E-state index contributed by atoms with van der Waals surface area (Å²) in [6.07, 6.45) is 0.725. The maximum absolute atomic E-state index is 11.8. The lowest BCUT2D eigenvalue weighted by atomic mass is 10.2. The summed E-state index contributed by atoms with van der Waals surface area (Å²) in [5.74, 6) is 0.440. The predicted molar refractivity (Wildman–Crippen MR) is 89.5 cm³/mol. The van der Waals surface area contributed by atoms with Crippen LogP contribution in [0.15, 0.2) is 45.3 Å². The van der Waals surface area contributed by atoms with Crippen molar-refractivity contribution in [1.82, 2.24) is 0 Å². The molecule has 6 heteroatoms. The fourth-order valence-corrected chi connectivity index (χ4v) is 3.33. The highest BCUT2D eigenvalue weighted by Crippen LogP contribution is 2.32. The Morgan fingerprint density at radius 1 is 1.18 bits per heavy atom. The van der Waals surface area contributed by atoms with Gasteiger partial charge in [0.1, 0.15) is 17.8 Å². The number of esters is 1. The molecule has 0 saturated carbocycles. The molecule has 22 heavy (non-hydrogen) atoms. The molecule has 2 aromatic carbocycles. The molecule has 0 aliphatic rings. The van der Waals surface area contributed by atoms with Gasteiger partial charge in [0.15, 0.2) is 6.61 Å². The van der Waals surface area contributed by atoms with Crippen molar-refractivity contribution < 1.29 is 19.1 Å². The second-order valence-electron chi connectivity index (χ2n) is 4.48. The summed E-state index contributed by atoms with van der Waals surface area (Å²) >= 11 is 6.77. The molecule has 0 aliphatic carbocycles. The molecule has 0 fully saturated rings. The SMILES string of the molecule is Cc1cc(Br)cc(Br)c1OCC(=O)Oc1ccc(C=O)cc1. The predicted octanol–water partition coefficient (Wildman–Crippen LogP) is 4.32. The molecule has 0 saturated heterocycles. The van der Waals surface area contributed by atoms with Gasteiger partial charge < -0.3 is 9.47 Å². The van der Waals surface area contributed by atoms with E-state index in [0.29, 0.717) is 17.1 Å². The number of ether oxygens (including phenoxy) is 2. The summed E-state index contributed by atoms with van der Waals surface area (Å²) in [4.78, 5) is 22.3. The molecule has 0 aromatic heterocycles. The quantitative estimate of drug-likeness (QED) is 0.405. The minimum absolute atomic E-state index is 0.212. The van der Waals surface area contributed by atoms with Gasteiger partial charge in [-0.2, -0.15) is 0 Å². The van der Waals surface area contributed by atoms with Crippen LogP contribution in [0.4, 0.5) is 0 Å². The van der Waals surface area contributed by atoms with Crippen LogP contribution in [0.3, 0.4) is 0 Å². The van der Waals surface area contributed by atoms with Gasteiger partial charge >= 0.3 is 5.97 Å². The minimum atomic E-state index is -0.520. The molecule has 0 spiro atoms. The monoisotopic (exact) mass is 426 g/mol. The normalized spacial score (nSPS) is 10.1. The third-order valence-corrected chi connectivity index (χ3v) is 3.82. The Morgan fingerprint density at radius 3 is 2.45 bits per heavy atom.